The van der Waals surface area contributed by atoms with E-state index in [1.807, 2.05) is 18.2 Å². The van der Waals surface area contributed by atoms with E-state index in [4.69, 9.17) is 9.47 Å². The van der Waals surface area contributed by atoms with Crippen LogP contribution in [-0.2, 0) is 16.4 Å². The molecule has 2 aromatic carbocycles. The van der Waals surface area contributed by atoms with Crippen molar-refractivity contribution in [2.75, 3.05) is 38.4 Å². The van der Waals surface area contributed by atoms with Crippen molar-refractivity contribution in [3.63, 3.8) is 0 Å². The normalized spacial score (nSPS) is 11.0. The smallest absolute Gasteiger partial charge is 0.251 e. The fourth-order valence-corrected chi connectivity index (χ4v) is 2.98. The van der Waals surface area contributed by atoms with E-state index in [1.54, 1.807) is 38.5 Å². The summed E-state index contributed by atoms with van der Waals surface area (Å²) in [6.07, 6.45) is 1.77. The van der Waals surface area contributed by atoms with E-state index in [0.29, 0.717) is 35.7 Å². The number of rotatable bonds is 8. The van der Waals surface area contributed by atoms with Gasteiger partial charge in [0.05, 0.1) is 26.2 Å². The monoisotopic (exact) mass is 392 g/mol. The van der Waals surface area contributed by atoms with Gasteiger partial charge in [-0.25, -0.2) is 8.42 Å². The lowest BCUT2D eigenvalue weighted by Crippen LogP contribution is -2.26. The average Bonchev–Trinajstić information content (AvgIpc) is 2.66. The quantitative estimate of drug-likeness (QED) is 0.743. The highest BCUT2D eigenvalue weighted by molar-refractivity contribution is 7.92. The number of amides is 1. The molecule has 2 rings (SSSR count). The minimum Gasteiger partial charge on any atom is -0.493 e. The molecule has 0 radical (unpaired) electrons. The van der Waals surface area contributed by atoms with Crippen molar-refractivity contribution in [3.05, 3.63) is 53.6 Å². The SMILES string of the molecule is COc1ccc(CCNC(=O)c2ccc(N(C)S(C)(=O)=O)cc2)cc1OC. The second-order valence-electron chi connectivity index (χ2n) is 5.97. The van der Waals surface area contributed by atoms with Crippen LogP contribution in [0.15, 0.2) is 42.5 Å². The fourth-order valence-electron chi connectivity index (χ4n) is 2.47. The lowest BCUT2D eigenvalue weighted by molar-refractivity contribution is 0.0954. The van der Waals surface area contributed by atoms with Gasteiger partial charge in [0.15, 0.2) is 11.5 Å². The van der Waals surface area contributed by atoms with Gasteiger partial charge < -0.3 is 14.8 Å². The molecular weight excluding hydrogens is 368 g/mol. The lowest BCUT2D eigenvalue weighted by Gasteiger charge is -2.16. The summed E-state index contributed by atoms with van der Waals surface area (Å²) in [6, 6.07) is 12.0. The maximum atomic E-state index is 12.2. The number of ether oxygens (including phenoxy) is 2. The fraction of sp³-hybridized carbons (Fsp3) is 0.316. The van der Waals surface area contributed by atoms with Crippen molar-refractivity contribution < 1.29 is 22.7 Å². The maximum absolute atomic E-state index is 12.2. The Morgan fingerprint density at radius 1 is 1.04 bits per heavy atom. The zero-order valence-corrected chi connectivity index (χ0v) is 16.7. The molecule has 0 fully saturated rings. The van der Waals surface area contributed by atoms with E-state index in [9.17, 15) is 13.2 Å². The second kappa shape index (κ2) is 8.77. The van der Waals surface area contributed by atoms with Crippen LogP contribution in [0.3, 0.4) is 0 Å². The molecular formula is C19H24N2O5S. The van der Waals surface area contributed by atoms with Gasteiger partial charge in [0, 0.05) is 19.2 Å². The van der Waals surface area contributed by atoms with Gasteiger partial charge in [-0.3, -0.25) is 9.10 Å². The van der Waals surface area contributed by atoms with Crippen LogP contribution >= 0.6 is 0 Å². The Balaban J connectivity index is 1.94. The van der Waals surface area contributed by atoms with E-state index in [1.165, 1.54) is 7.05 Å². The van der Waals surface area contributed by atoms with E-state index in [2.05, 4.69) is 5.32 Å². The van der Waals surface area contributed by atoms with E-state index < -0.39 is 10.0 Å². The first-order valence-electron chi connectivity index (χ1n) is 8.29. The van der Waals surface area contributed by atoms with Crippen LogP contribution in [0, 0.1) is 0 Å². The molecule has 0 aliphatic heterocycles. The molecule has 1 amide bonds. The Morgan fingerprint density at radius 2 is 1.67 bits per heavy atom. The molecule has 0 spiro atoms. The Morgan fingerprint density at radius 3 is 2.22 bits per heavy atom. The van der Waals surface area contributed by atoms with Gasteiger partial charge in [0.2, 0.25) is 10.0 Å². The topological polar surface area (TPSA) is 84.9 Å². The van der Waals surface area contributed by atoms with Gasteiger partial charge >= 0.3 is 0 Å². The highest BCUT2D eigenvalue weighted by atomic mass is 32.2. The van der Waals surface area contributed by atoms with Crippen LogP contribution in [0.2, 0.25) is 0 Å². The molecule has 0 atom stereocenters. The average molecular weight is 392 g/mol. The number of nitrogens with one attached hydrogen (secondary N) is 1. The number of methoxy groups -OCH3 is 2. The second-order valence-corrected chi connectivity index (χ2v) is 7.99. The molecule has 0 unspecified atom stereocenters. The largest absolute Gasteiger partial charge is 0.493 e. The Labute approximate surface area is 160 Å². The molecule has 2 aromatic rings. The number of anilines is 1. The molecule has 0 aliphatic carbocycles. The van der Waals surface area contributed by atoms with Crippen LogP contribution in [0.1, 0.15) is 15.9 Å². The highest BCUT2D eigenvalue weighted by Gasteiger charge is 2.13. The molecule has 0 heterocycles. The predicted octanol–water partition coefficient (Wildman–Crippen LogP) is 2.07. The minimum atomic E-state index is -3.33. The molecule has 0 bridgehead atoms. The standard InChI is InChI=1S/C19H24N2O5S/c1-21(27(4,23)24)16-8-6-15(7-9-16)19(22)20-12-11-14-5-10-17(25-2)18(13-14)26-3/h5-10,13H,11-12H2,1-4H3,(H,20,22). The third kappa shape index (κ3) is 5.37. The van der Waals surface area contributed by atoms with Crippen LogP contribution in [0.5, 0.6) is 11.5 Å². The Kier molecular flexibility index (Phi) is 6.68. The maximum Gasteiger partial charge on any atom is 0.251 e. The molecule has 27 heavy (non-hydrogen) atoms. The third-order valence-electron chi connectivity index (χ3n) is 4.14. The number of carbonyl (C=O) groups is 1. The molecule has 8 heteroatoms. The summed E-state index contributed by atoms with van der Waals surface area (Å²) in [4.78, 5) is 12.2. The molecule has 0 saturated heterocycles. The van der Waals surface area contributed by atoms with Crippen LogP contribution in [-0.4, -0.2) is 48.4 Å². The molecule has 146 valence electrons. The summed E-state index contributed by atoms with van der Waals surface area (Å²) >= 11 is 0. The highest BCUT2D eigenvalue weighted by Crippen LogP contribution is 2.27. The van der Waals surface area contributed by atoms with Crippen molar-refractivity contribution in [1.82, 2.24) is 5.32 Å². The third-order valence-corrected chi connectivity index (χ3v) is 5.34. The van der Waals surface area contributed by atoms with Gasteiger partial charge in [-0.15, -0.1) is 0 Å². The van der Waals surface area contributed by atoms with Crippen LogP contribution < -0.4 is 19.1 Å². The molecule has 7 nitrogen and oxygen atoms in total. The van der Waals surface area contributed by atoms with Crippen molar-refractivity contribution in [3.8, 4) is 11.5 Å². The van der Waals surface area contributed by atoms with E-state index >= 15 is 0 Å². The number of carbonyl (C=O) groups excluding carboxylic acids is 1. The van der Waals surface area contributed by atoms with Crippen molar-refractivity contribution >= 4 is 21.6 Å². The zero-order chi connectivity index (χ0) is 20.0. The van der Waals surface area contributed by atoms with E-state index in [0.717, 1.165) is 16.1 Å². The summed E-state index contributed by atoms with van der Waals surface area (Å²) in [6.45, 7) is 0.458. The molecule has 1 N–H and O–H groups in total. The van der Waals surface area contributed by atoms with E-state index in [-0.39, 0.29) is 5.91 Å². The Bertz CT molecular complexity index is 895. The summed E-state index contributed by atoms with van der Waals surface area (Å²) < 4.78 is 34.7. The lowest BCUT2D eigenvalue weighted by atomic mass is 10.1. The first kappa shape index (κ1) is 20.6. The number of hydrogen-bond donors (Lipinski definition) is 1. The molecule has 0 saturated carbocycles. The first-order valence-corrected chi connectivity index (χ1v) is 10.1. The minimum absolute atomic E-state index is 0.218. The summed E-state index contributed by atoms with van der Waals surface area (Å²) in [5, 5.41) is 2.85. The van der Waals surface area contributed by atoms with Gasteiger partial charge in [-0.2, -0.15) is 0 Å². The van der Waals surface area contributed by atoms with Crippen LogP contribution in [0.25, 0.3) is 0 Å². The van der Waals surface area contributed by atoms with Crippen molar-refractivity contribution in [2.24, 2.45) is 0 Å². The zero-order valence-electron chi connectivity index (χ0n) is 15.9. The summed E-state index contributed by atoms with van der Waals surface area (Å²) in [5.74, 6) is 1.08. The number of nitrogens with zero attached hydrogens (tertiary/aromatic N) is 1. The molecule has 0 aliphatic rings. The van der Waals surface area contributed by atoms with Gasteiger partial charge in [-0.05, 0) is 48.4 Å². The van der Waals surface area contributed by atoms with Gasteiger partial charge in [0.25, 0.3) is 5.91 Å². The number of sulfonamides is 1. The summed E-state index contributed by atoms with van der Waals surface area (Å²) in [5.41, 5.74) is 1.98. The van der Waals surface area contributed by atoms with Gasteiger partial charge in [-0.1, -0.05) is 6.07 Å². The van der Waals surface area contributed by atoms with Crippen molar-refractivity contribution in [2.45, 2.75) is 6.42 Å². The first-order chi connectivity index (χ1) is 12.8. The van der Waals surface area contributed by atoms with Crippen molar-refractivity contribution in [1.29, 1.82) is 0 Å². The number of benzene rings is 2. The van der Waals surface area contributed by atoms with Gasteiger partial charge in [0.1, 0.15) is 0 Å². The van der Waals surface area contributed by atoms with Crippen LogP contribution in [0.4, 0.5) is 5.69 Å². The molecule has 0 aromatic heterocycles. The Hall–Kier alpha value is -2.74. The number of hydrogen-bond acceptors (Lipinski definition) is 5. The summed E-state index contributed by atoms with van der Waals surface area (Å²) in [7, 11) is 1.29. The predicted molar refractivity (Wildman–Crippen MR) is 105 cm³/mol.